The van der Waals surface area contributed by atoms with E-state index >= 15 is 0 Å². The van der Waals surface area contributed by atoms with Crippen molar-refractivity contribution in [2.75, 3.05) is 20.1 Å². The van der Waals surface area contributed by atoms with Gasteiger partial charge in [-0.2, -0.15) is 13.2 Å². The van der Waals surface area contributed by atoms with E-state index < -0.39 is 59.9 Å². The van der Waals surface area contributed by atoms with Crippen LogP contribution in [0.5, 0.6) is 0 Å². The van der Waals surface area contributed by atoms with E-state index in [0.29, 0.717) is 65.8 Å². The van der Waals surface area contributed by atoms with Crippen molar-refractivity contribution in [3.8, 4) is 0 Å². The summed E-state index contributed by atoms with van der Waals surface area (Å²) in [6.45, 7) is 0.146. The number of carbonyl (C=O) groups is 3. The van der Waals surface area contributed by atoms with Crippen molar-refractivity contribution in [3.05, 3.63) is 88.0 Å². The number of nitrogens with zero attached hydrogens (tertiary/aromatic N) is 2. The van der Waals surface area contributed by atoms with Gasteiger partial charge in [0.1, 0.15) is 22.9 Å². The van der Waals surface area contributed by atoms with Crippen molar-refractivity contribution >= 4 is 52.0 Å². The third kappa shape index (κ3) is 9.90. The van der Waals surface area contributed by atoms with Crippen molar-refractivity contribution in [2.45, 2.75) is 85.8 Å². The summed E-state index contributed by atoms with van der Waals surface area (Å²) in [5.74, 6) is -2.37. The molecule has 5 rings (SSSR count). The lowest BCUT2D eigenvalue weighted by Crippen LogP contribution is -2.57. The molecule has 4 aromatic rings. The Morgan fingerprint density at radius 2 is 1.74 bits per heavy atom. The number of nitrogens with one attached hydrogen (secondary N) is 4. The van der Waals surface area contributed by atoms with Crippen LogP contribution < -0.4 is 27.4 Å². The van der Waals surface area contributed by atoms with Gasteiger partial charge in [-0.15, -0.1) is 0 Å². The number of pyridine rings is 1. The summed E-state index contributed by atoms with van der Waals surface area (Å²) < 4.78 is 58.1. The number of carbonyl (C=O) groups excluding carboxylic acids is 3. The molecule has 3 atom stereocenters. The topological polar surface area (TPSA) is 171 Å². The van der Waals surface area contributed by atoms with Gasteiger partial charge in [0.2, 0.25) is 17.7 Å². The molecule has 3 amide bonds. The maximum atomic E-state index is 14.6. The first-order valence-electron chi connectivity index (χ1n) is 17.6. The number of likely N-dealkylation sites (N-methyl/N-ethyl adjacent to an activating group) is 1. The fraction of sp³-hybridized carbons (Fsp3) is 0.405. The van der Waals surface area contributed by atoms with Gasteiger partial charge < -0.3 is 37.3 Å². The zero-order chi connectivity index (χ0) is 39.0. The lowest BCUT2D eigenvalue weighted by Gasteiger charge is -2.32. The molecule has 0 aliphatic carbocycles. The van der Waals surface area contributed by atoms with Crippen LogP contribution in [0.1, 0.15) is 54.4 Å². The maximum Gasteiger partial charge on any atom is 0.416 e. The molecule has 0 spiro atoms. The fourth-order valence-electron chi connectivity index (χ4n) is 6.43. The Bertz CT molecular complexity index is 1960. The van der Waals surface area contributed by atoms with Gasteiger partial charge >= 0.3 is 6.18 Å². The monoisotopic (exact) mass is 790 g/mol. The SMILES string of the molecule is CN1C(=O)C(CCCCN)NC(=O)C(CCCN)NCc2cccnc2Sc2c(Cl)ccc(C(F)(F)F)c2CNC(=O)C1Cc1c[nH]c2ccc(F)cc12. The molecular formula is C37H43ClF4N8O3S. The molecule has 54 heavy (non-hydrogen) atoms. The highest BCUT2D eigenvalue weighted by Gasteiger charge is 2.37. The number of hydrogen-bond acceptors (Lipinski definition) is 8. The number of aromatic amines is 1. The summed E-state index contributed by atoms with van der Waals surface area (Å²) in [6.07, 6.45) is 0.164. The third-order valence-corrected chi connectivity index (χ3v) is 11.0. The Kier molecular flexibility index (Phi) is 14.0. The summed E-state index contributed by atoms with van der Waals surface area (Å²) in [7, 11) is 1.40. The molecule has 8 N–H and O–H groups in total. The van der Waals surface area contributed by atoms with Gasteiger partial charge in [0.05, 0.1) is 16.6 Å². The predicted molar refractivity (Wildman–Crippen MR) is 199 cm³/mol. The summed E-state index contributed by atoms with van der Waals surface area (Å²) in [4.78, 5) is 51.2. The minimum Gasteiger partial charge on any atom is -0.361 e. The molecule has 0 fully saturated rings. The summed E-state index contributed by atoms with van der Waals surface area (Å²) in [6, 6.07) is 6.30. The van der Waals surface area contributed by atoms with Gasteiger partial charge in [0, 0.05) is 54.8 Å². The van der Waals surface area contributed by atoms with Crippen molar-refractivity contribution in [1.29, 1.82) is 0 Å². The van der Waals surface area contributed by atoms with E-state index in [1.807, 2.05) is 0 Å². The van der Waals surface area contributed by atoms with E-state index in [-0.39, 0.29) is 34.9 Å². The van der Waals surface area contributed by atoms with Crippen LogP contribution in [0.4, 0.5) is 17.6 Å². The largest absolute Gasteiger partial charge is 0.416 e. The number of halogens is 5. The Balaban J connectivity index is 1.63. The number of H-pyrrole nitrogens is 1. The first-order valence-corrected chi connectivity index (χ1v) is 18.8. The molecule has 0 saturated carbocycles. The van der Waals surface area contributed by atoms with Gasteiger partial charge in [-0.25, -0.2) is 9.37 Å². The minimum absolute atomic E-state index is 0.00455. The third-order valence-electron chi connectivity index (χ3n) is 9.38. The molecule has 3 heterocycles. The number of benzene rings is 2. The highest BCUT2D eigenvalue weighted by atomic mass is 35.5. The lowest BCUT2D eigenvalue weighted by atomic mass is 10.0. The number of aromatic nitrogens is 2. The molecule has 0 saturated heterocycles. The Morgan fingerprint density at radius 1 is 0.981 bits per heavy atom. The summed E-state index contributed by atoms with van der Waals surface area (Å²) >= 11 is 7.49. The van der Waals surface area contributed by atoms with Crippen LogP contribution in [-0.4, -0.2) is 70.9 Å². The molecule has 11 nitrogen and oxygen atoms in total. The second-order valence-corrected chi connectivity index (χ2v) is 14.5. The van der Waals surface area contributed by atoms with Gasteiger partial charge in [-0.05, 0) is 98.3 Å². The van der Waals surface area contributed by atoms with Crippen molar-refractivity contribution in [3.63, 3.8) is 0 Å². The van der Waals surface area contributed by atoms with Gasteiger partial charge in [-0.3, -0.25) is 14.4 Å². The van der Waals surface area contributed by atoms with E-state index in [2.05, 4.69) is 25.9 Å². The molecule has 3 unspecified atom stereocenters. The number of amides is 3. The Labute approximate surface area is 319 Å². The molecule has 2 aromatic carbocycles. The number of nitrogens with two attached hydrogens (primary N) is 2. The molecule has 17 heteroatoms. The minimum atomic E-state index is -4.81. The highest BCUT2D eigenvalue weighted by Crippen LogP contribution is 2.43. The molecule has 0 radical (unpaired) electrons. The summed E-state index contributed by atoms with van der Waals surface area (Å²) in [5.41, 5.74) is 11.9. The van der Waals surface area contributed by atoms with E-state index in [1.54, 1.807) is 18.3 Å². The lowest BCUT2D eigenvalue weighted by molar-refractivity contribution is -0.142. The zero-order valence-corrected chi connectivity index (χ0v) is 31.1. The number of alkyl halides is 3. The van der Waals surface area contributed by atoms with Crippen LogP contribution in [-0.2, 0) is 40.1 Å². The quantitative estimate of drug-likeness (QED) is 0.101. The van der Waals surface area contributed by atoms with Crippen LogP contribution in [0.3, 0.4) is 0 Å². The van der Waals surface area contributed by atoms with Gasteiger partial charge in [-0.1, -0.05) is 29.4 Å². The molecular weight excluding hydrogens is 748 g/mol. The Hall–Kier alpha value is -4.22. The second kappa shape index (κ2) is 18.4. The smallest absolute Gasteiger partial charge is 0.361 e. The van der Waals surface area contributed by atoms with Crippen LogP contribution in [0.25, 0.3) is 10.9 Å². The van der Waals surface area contributed by atoms with Crippen molar-refractivity contribution in [1.82, 2.24) is 30.8 Å². The highest BCUT2D eigenvalue weighted by molar-refractivity contribution is 7.99. The van der Waals surface area contributed by atoms with Gasteiger partial charge in [0.15, 0.2) is 0 Å². The molecule has 0 bridgehead atoms. The summed E-state index contributed by atoms with van der Waals surface area (Å²) in [5, 5.41) is 9.56. The van der Waals surface area contributed by atoms with Crippen molar-refractivity contribution < 1.29 is 31.9 Å². The van der Waals surface area contributed by atoms with Crippen LogP contribution in [0.15, 0.2) is 64.8 Å². The Morgan fingerprint density at radius 3 is 2.48 bits per heavy atom. The predicted octanol–water partition coefficient (Wildman–Crippen LogP) is 5.04. The second-order valence-electron chi connectivity index (χ2n) is 13.1. The molecule has 1 aliphatic rings. The number of rotatable bonds is 9. The van der Waals surface area contributed by atoms with E-state index in [9.17, 15) is 31.9 Å². The number of unbranched alkanes of at least 4 members (excludes halogenated alkanes) is 1. The number of fused-ring (bicyclic) bond motifs is 3. The van der Waals surface area contributed by atoms with E-state index in [1.165, 1.54) is 36.3 Å². The molecule has 1 aliphatic heterocycles. The van der Waals surface area contributed by atoms with Crippen LogP contribution in [0, 0.1) is 5.82 Å². The van der Waals surface area contributed by atoms with Crippen LogP contribution >= 0.6 is 23.4 Å². The fourth-order valence-corrected chi connectivity index (χ4v) is 7.77. The average Bonchev–Trinajstić information content (AvgIpc) is 3.53. The maximum absolute atomic E-state index is 14.6. The van der Waals surface area contributed by atoms with Crippen LogP contribution in [0.2, 0.25) is 5.02 Å². The van der Waals surface area contributed by atoms with E-state index in [4.69, 9.17) is 23.1 Å². The van der Waals surface area contributed by atoms with Crippen molar-refractivity contribution in [2.24, 2.45) is 11.5 Å². The molecule has 2 aromatic heterocycles. The average molecular weight is 791 g/mol. The number of hydrogen-bond donors (Lipinski definition) is 6. The van der Waals surface area contributed by atoms with Gasteiger partial charge in [0.25, 0.3) is 0 Å². The molecule has 290 valence electrons. The normalized spacial score (nSPS) is 19.2. The first-order chi connectivity index (χ1) is 25.8. The van der Waals surface area contributed by atoms with E-state index in [0.717, 1.165) is 23.9 Å². The zero-order valence-electron chi connectivity index (χ0n) is 29.6. The first kappa shape index (κ1) is 41.0. The standard InChI is InChI=1S/C37H43ClF4N8O3S/c1-50-31(16-22-19-46-28-12-9-23(39)17-24(22)28)34(52)48-20-25-26(37(40,41)42)10-11-27(38)32(25)54-35-21(6-5-15-45-35)18-47-29(8-4-14-44)33(51)49-30(36(50)53)7-2-3-13-43/h5-6,9-12,15,17,19,29-31,46-47H,2-4,7-8,13-14,16,18,20,43-44H2,1H3,(H,48,52)(H,49,51).